The summed E-state index contributed by atoms with van der Waals surface area (Å²) in [7, 11) is 0. The maximum atomic E-state index is 11.2. The van der Waals surface area contributed by atoms with E-state index in [2.05, 4.69) is 10.5 Å². The lowest BCUT2D eigenvalue weighted by molar-refractivity contribution is 0.0529. The van der Waals surface area contributed by atoms with E-state index < -0.39 is 11.7 Å². The van der Waals surface area contributed by atoms with Gasteiger partial charge in [-0.15, -0.1) is 0 Å². The number of rotatable bonds is 3. The minimum absolute atomic E-state index is 0.524. The van der Waals surface area contributed by atoms with Crippen molar-refractivity contribution in [3.05, 3.63) is 30.2 Å². The lowest BCUT2D eigenvalue weighted by Crippen LogP contribution is -2.29. The van der Waals surface area contributed by atoms with Crippen molar-refractivity contribution in [3.63, 3.8) is 0 Å². The summed E-state index contributed by atoms with van der Waals surface area (Å²) in [6.07, 6.45) is 5.80. The predicted octanol–water partition coefficient (Wildman–Crippen LogP) is 2.80. The summed E-state index contributed by atoms with van der Waals surface area (Å²) in [5, 5.41) is 3.68. The van der Waals surface area contributed by atoms with Gasteiger partial charge in [0.25, 0.3) is 0 Å². The third-order valence-electron chi connectivity index (χ3n) is 1.52. The highest BCUT2D eigenvalue weighted by Gasteiger charge is 2.15. The molecule has 0 saturated carbocycles. The number of nitrogens with zero attached hydrogens (tertiary/aromatic N) is 1. The molecule has 0 fully saturated rings. The predicted molar refractivity (Wildman–Crippen MR) is 65.6 cm³/mol. The summed E-state index contributed by atoms with van der Waals surface area (Å²) >= 11 is 0. The van der Waals surface area contributed by atoms with Crippen molar-refractivity contribution in [2.45, 2.75) is 26.4 Å². The molecular weight excluding hydrogens is 220 g/mol. The van der Waals surface area contributed by atoms with Gasteiger partial charge in [-0.2, -0.15) is 5.10 Å². The first kappa shape index (κ1) is 13.0. The van der Waals surface area contributed by atoms with Gasteiger partial charge in [-0.1, -0.05) is 0 Å². The van der Waals surface area contributed by atoms with Crippen LogP contribution in [0.3, 0.4) is 0 Å². The summed E-state index contributed by atoms with van der Waals surface area (Å²) in [5.41, 5.74) is 1.72. The number of allylic oxidation sites excluding steroid dienone is 1. The molecule has 1 aromatic heterocycles. The van der Waals surface area contributed by atoms with Crippen LogP contribution in [0.25, 0.3) is 6.08 Å². The molecule has 1 heterocycles. The van der Waals surface area contributed by atoms with E-state index >= 15 is 0 Å². The molecule has 0 spiro atoms. The number of furan rings is 1. The van der Waals surface area contributed by atoms with Gasteiger partial charge in [0.1, 0.15) is 11.4 Å². The van der Waals surface area contributed by atoms with E-state index in [0.717, 1.165) is 0 Å². The van der Waals surface area contributed by atoms with E-state index in [1.54, 1.807) is 45.3 Å². The Morgan fingerprint density at radius 1 is 1.53 bits per heavy atom. The van der Waals surface area contributed by atoms with Gasteiger partial charge in [0.15, 0.2) is 0 Å². The van der Waals surface area contributed by atoms with Gasteiger partial charge >= 0.3 is 6.09 Å². The van der Waals surface area contributed by atoms with Crippen molar-refractivity contribution in [2.24, 2.45) is 5.10 Å². The lowest BCUT2D eigenvalue weighted by atomic mass is 10.2. The third kappa shape index (κ3) is 6.19. The summed E-state index contributed by atoms with van der Waals surface area (Å²) in [5.74, 6) is 0.716. The Kier molecular flexibility index (Phi) is 4.51. The van der Waals surface area contributed by atoms with E-state index in [1.807, 2.05) is 6.07 Å². The number of ether oxygens (including phenoxy) is 1. The fourth-order valence-corrected chi connectivity index (χ4v) is 0.958. The third-order valence-corrected chi connectivity index (χ3v) is 1.52. The molecule has 1 amide bonds. The van der Waals surface area contributed by atoms with Crippen molar-refractivity contribution in [1.29, 1.82) is 0 Å². The minimum atomic E-state index is -0.583. The number of hydrogen-bond acceptors (Lipinski definition) is 4. The largest absolute Gasteiger partial charge is 0.465 e. The monoisotopic (exact) mass is 236 g/mol. The standard InChI is InChI=1S/C12H16N2O3/c1-12(2,3)17-11(15)14-13-8-4-6-10-7-5-9-16-10/h4-9H,1-3H3,(H,14,15)/b6-4+,13-8+. The molecule has 1 rings (SSSR count). The molecule has 5 heteroatoms. The summed E-state index contributed by atoms with van der Waals surface area (Å²) in [6, 6.07) is 3.60. The zero-order valence-corrected chi connectivity index (χ0v) is 10.1. The van der Waals surface area contributed by atoms with E-state index in [-0.39, 0.29) is 0 Å². The first-order valence-corrected chi connectivity index (χ1v) is 5.19. The Bertz CT molecular complexity index is 400. The Hall–Kier alpha value is -2.04. The molecule has 0 unspecified atom stereocenters. The van der Waals surface area contributed by atoms with Crippen LogP contribution in [-0.2, 0) is 4.74 Å². The molecule has 0 radical (unpaired) electrons. The van der Waals surface area contributed by atoms with Gasteiger partial charge < -0.3 is 9.15 Å². The Balaban J connectivity index is 2.29. The van der Waals surface area contributed by atoms with Gasteiger partial charge in [-0.25, -0.2) is 10.2 Å². The van der Waals surface area contributed by atoms with Crippen LogP contribution in [0.2, 0.25) is 0 Å². The van der Waals surface area contributed by atoms with Crippen LogP contribution in [0.4, 0.5) is 4.79 Å². The zero-order chi connectivity index (χ0) is 12.7. The van der Waals surface area contributed by atoms with Crippen LogP contribution in [0.1, 0.15) is 26.5 Å². The van der Waals surface area contributed by atoms with Crippen LogP contribution in [-0.4, -0.2) is 17.9 Å². The number of carbonyl (C=O) groups excluding carboxylic acids is 1. The molecule has 0 aliphatic heterocycles. The van der Waals surface area contributed by atoms with Gasteiger partial charge in [-0.3, -0.25) is 0 Å². The topological polar surface area (TPSA) is 63.8 Å². The molecule has 1 N–H and O–H groups in total. The molecule has 0 aliphatic carbocycles. The van der Waals surface area contributed by atoms with Gasteiger partial charge in [0.05, 0.1) is 6.26 Å². The van der Waals surface area contributed by atoms with E-state index in [9.17, 15) is 4.79 Å². The molecule has 5 nitrogen and oxygen atoms in total. The molecule has 0 bridgehead atoms. The van der Waals surface area contributed by atoms with Gasteiger partial charge in [0, 0.05) is 6.21 Å². The van der Waals surface area contributed by atoms with Crippen LogP contribution >= 0.6 is 0 Å². The van der Waals surface area contributed by atoms with Crippen molar-refractivity contribution in [1.82, 2.24) is 5.43 Å². The SMILES string of the molecule is CC(C)(C)OC(=O)N/N=C/C=C/c1ccco1. The normalized spacial score (nSPS) is 12.2. The summed E-state index contributed by atoms with van der Waals surface area (Å²) in [4.78, 5) is 11.2. The Morgan fingerprint density at radius 3 is 2.88 bits per heavy atom. The van der Waals surface area contributed by atoms with Crippen molar-refractivity contribution >= 4 is 18.4 Å². The number of nitrogens with one attached hydrogen (secondary N) is 1. The second-order valence-electron chi connectivity index (χ2n) is 4.27. The Morgan fingerprint density at radius 2 is 2.29 bits per heavy atom. The van der Waals surface area contributed by atoms with Crippen LogP contribution in [0.15, 0.2) is 34.0 Å². The zero-order valence-electron chi connectivity index (χ0n) is 10.1. The number of amides is 1. The molecule has 1 aromatic rings. The highest BCUT2D eigenvalue weighted by atomic mass is 16.6. The lowest BCUT2D eigenvalue weighted by Gasteiger charge is -2.18. The highest BCUT2D eigenvalue weighted by Crippen LogP contribution is 2.06. The summed E-state index contributed by atoms with van der Waals surface area (Å²) in [6.45, 7) is 5.35. The maximum absolute atomic E-state index is 11.2. The van der Waals surface area contributed by atoms with Crippen molar-refractivity contribution < 1.29 is 13.9 Å². The Labute approximate surface area is 100 Å². The molecule has 0 saturated heterocycles. The van der Waals surface area contributed by atoms with Crippen molar-refractivity contribution in [2.75, 3.05) is 0 Å². The van der Waals surface area contributed by atoms with E-state index in [4.69, 9.17) is 9.15 Å². The number of carbonyl (C=O) groups is 1. The smallest absolute Gasteiger partial charge is 0.428 e. The second-order valence-corrected chi connectivity index (χ2v) is 4.27. The van der Waals surface area contributed by atoms with Crippen LogP contribution in [0.5, 0.6) is 0 Å². The molecule has 0 atom stereocenters. The first-order valence-electron chi connectivity index (χ1n) is 5.19. The molecule has 0 aromatic carbocycles. The highest BCUT2D eigenvalue weighted by molar-refractivity contribution is 5.78. The van der Waals surface area contributed by atoms with Crippen LogP contribution < -0.4 is 5.43 Å². The van der Waals surface area contributed by atoms with E-state index in [0.29, 0.717) is 5.76 Å². The molecule has 17 heavy (non-hydrogen) atoms. The fraction of sp³-hybridized carbons (Fsp3) is 0.333. The molecule has 0 aliphatic rings. The van der Waals surface area contributed by atoms with Gasteiger partial charge in [-0.05, 0) is 45.1 Å². The quantitative estimate of drug-likeness (QED) is 0.648. The maximum Gasteiger partial charge on any atom is 0.428 e. The number of hydrazone groups is 1. The molecule has 92 valence electrons. The minimum Gasteiger partial charge on any atom is -0.465 e. The van der Waals surface area contributed by atoms with Gasteiger partial charge in [0.2, 0.25) is 0 Å². The fourth-order valence-electron chi connectivity index (χ4n) is 0.958. The number of hydrogen-bond donors (Lipinski definition) is 1. The van der Waals surface area contributed by atoms with Crippen molar-refractivity contribution in [3.8, 4) is 0 Å². The first-order chi connectivity index (χ1) is 7.97. The average molecular weight is 236 g/mol. The average Bonchev–Trinajstić information content (AvgIpc) is 2.67. The van der Waals surface area contributed by atoms with E-state index in [1.165, 1.54) is 6.21 Å². The second kappa shape index (κ2) is 5.89. The molecular formula is C12H16N2O3. The summed E-state index contributed by atoms with van der Waals surface area (Å²) < 4.78 is 10.1. The van der Waals surface area contributed by atoms with Crippen LogP contribution in [0, 0.1) is 0 Å².